The molecule has 4 rings (SSSR count). The average molecular weight is 564 g/mol. The molecule has 0 heterocycles. The van der Waals surface area contributed by atoms with Gasteiger partial charge in [-0.2, -0.15) is 0 Å². The van der Waals surface area contributed by atoms with Gasteiger partial charge in [-0.1, -0.05) is 31.4 Å². The van der Waals surface area contributed by atoms with Gasteiger partial charge < -0.3 is 9.84 Å². The predicted molar refractivity (Wildman–Crippen MR) is 147 cm³/mol. The minimum atomic E-state index is -3.98. The van der Waals surface area contributed by atoms with Crippen molar-refractivity contribution in [3.8, 4) is 11.1 Å². The van der Waals surface area contributed by atoms with Crippen LogP contribution in [0.2, 0.25) is 0 Å². The number of nitrogens with zero attached hydrogens (tertiary/aromatic N) is 1. The predicted octanol–water partition coefficient (Wildman–Crippen LogP) is 3.68. The lowest BCUT2D eigenvalue weighted by atomic mass is 9.96. The molecule has 11 heteroatoms. The van der Waals surface area contributed by atoms with Crippen LogP contribution in [-0.4, -0.2) is 51.6 Å². The SMILES string of the molecule is CC(C)(O)CCOC(C)(C)/N=C1/c2cc(S(N)(=O)=O)ccc2-c2ccc(S(=O)(=O)NC3CCCCC3)cc21. The summed E-state index contributed by atoms with van der Waals surface area (Å²) in [5, 5.41) is 15.4. The molecule has 2 aliphatic rings. The number of fused-ring (bicyclic) bond motifs is 3. The van der Waals surface area contributed by atoms with E-state index < -0.39 is 31.4 Å². The average Bonchev–Trinajstić information content (AvgIpc) is 3.10. The Kier molecular flexibility index (Phi) is 7.92. The first-order valence-corrected chi connectivity index (χ1v) is 15.9. The van der Waals surface area contributed by atoms with E-state index in [1.54, 1.807) is 52.0 Å². The number of aliphatic imine (C=N–C) groups is 1. The van der Waals surface area contributed by atoms with E-state index in [0.29, 0.717) is 23.3 Å². The molecule has 1 saturated carbocycles. The number of ether oxygens (including phenoxy) is 1. The normalized spacial score (nSPS) is 18.0. The van der Waals surface area contributed by atoms with Crippen LogP contribution in [0.25, 0.3) is 11.1 Å². The van der Waals surface area contributed by atoms with Crippen molar-refractivity contribution < 1.29 is 26.7 Å². The molecule has 9 nitrogen and oxygen atoms in total. The summed E-state index contributed by atoms with van der Waals surface area (Å²) >= 11 is 0. The number of nitrogens with one attached hydrogen (secondary N) is 1. The van der Waals surface area contributed by atoms with Crippen molar-refractivity contribution in [2.24, 2.45) is 10.1 Å². The highest BCUT2D eigenvalue weighted by Gasteiger charge is 2.32. The van der Waals surface area contributed by atoms with Crippen LogP contribution in [-0.2, 0) is 24.8 Å². The number of benzene rings is 2. The molecular weight excluding hydrogens is 526 g/mol. The van der Waals surface area contributed by atoms with E-state index in [-0.39, 0.29) is 22.4 Å². The third kappa shape index (κ3) is 6.70. The van der Waals surface area contributed by atoms with Gasteiger partial charge in [0.1, 0.15) is 0 Å². The molecule has 0 aromatic heterocycles. The van der Waals surface area contributed by atoms with Crippen LogP contribution in [0, 0.1) is 0 Å². The van der Waals surface area contributed by atoms with Gasteiger partial charge in [0, 0.05) is 17.2 Å². The second kappa shape index (κ2) is 10.4. The zero-order chi connectivity index (χ0) is 27.9. The van der Waals surface area contributed by atoms with E-state index in [4.69, 9.17) is 14.9 Å². The van der Waals surface area contributed by atoms with Crippen LogP contribution >= 0.6 is 0 Å². The Morgan fingerprint density at radius 1 is 0.921 bits per heavy atom. The lowest BCUT2D eigenvalue weighted by Gasteiger charge is -2.25. The highest BCUT2D eigenvalue weighted by atomic mass is 32.2. The van der Waals surface area contributed by atoms with Gasteiger partial charge >= 0.3 is 0 Å². The van der Waals surface area contributed by atoms with Gasteiger partial charge in [-0.05, 0) is 82.3 Å². The Hall–Kier alpha value is -2.15. The number of rotatable bonds is 9. The van der Waals surface area contributed by atoms with Crippen molar-refractivity contribution >= 4 is 25.8 Å². The van der Waals surface area contributed by atoms with Crippen LogP contribution in [0.15, 0.2) is 51.2 Å². The molecule has 0 spiro atoms. The van der Waals surface area contributed by atoms with E-state index in [1.165, 1.54) is 12.1 Å². The quantitative estimate of drug-likeness (QED) is 0.362. The maximum Gasteiger partial charge on any atom is 0.240 e. The Morgan fingerprint density at radius 2 is 1.47 bits per heavy atom. The number of aliphatic hydroxyl groups is 1. The molecule has 2 aromatic rings. The number of hydrogen-bond acceptors (Lipinski definition) is 7. The number of sulfonamides is 2. The van der Waals surface area contributed by atoms with E-state index in [2.05, 4.69) is 4.72 Å². The van der Waals surface area contributed by atoms with Gasteiger partial charge in [0.2, 0.25) is 20.0 Å². The molecular formula is C27H37N3O6S2. The summed E-state index contributed by atoms with van der Waals surface area (Å²) in [6.07, 6.45) is 5.13. The maximum absolute atomic E-state index is 13.3. The van der Waals surface area contributed by atoms with Crippen molar-refractivity contribution in [3.05, 3.63) is 47.5 Å². The summed E-state index contributed by atoms with van der Waals surface area (Å²) in [5.74, 6) is 0. The molecule has 0 aliphatic heterocycles. The van der Waals surface area contributed by atoms with E-state index >= 15 is 0 Å². The molecule has 0 amide bonds. The van der Waals surface area contributed by atoms with E-state index in [9.17, 15) is 21.9 Å². The molecule has 0 unspecified atom stereocenters. The Morgan fingerprint density at radius 3 is 2.03 bits per heavy atom. The van der Waals surface area contributed by atoms with Crippen molar-refractivity contribution in [3.63, 3.8) is 0 Å². The molecule has 0 saturated heterocycles. The number of hydrogen-bond donors (Lipinski definition) is 3. The van der Waals surface area contributed by atoms with Gasteiger partial charge in [0.15, 0.2) is 5.72 Å². The second-order valence-electron chi connectivity index (χ2n) is 11.2. The summed E-state index contributed by atoms with van der Waals surface area (Å²) in [4.78, 5) is 4.89. The molecule has 38 heavy (non-hydrogen) atoms. The van der Waals surface area contributed by atoms with Crippen molar-refractivity contribution in [1.82, 2.24) is 4.72 Å². The highest BCUT2D eigenvalue weighted by molar-refractivity contribution is 7.89. The first-order valence-electron chi connectivity index (χ1n) is 12.9. The topological polar surface area (TPSA) is 148 Å². The largest absolute Gasteiger partial charge is 0.390 e. The zero-order valence-electron chi connectivity index (χ0n) is 22.3. The lowest BCUT2D eigenvalue weighted by molar-refractivity contribution is -0.0406. The molecule has 1 fully saturated rings. The second-order valence-corrected chi connectivity index (χ2v) is 14.5. The molecule has 0 atom stereocenters. The summed E-state index contributed by atoms with van der Waals surface area (Å²) < 4.78 is 59.6. The van der Waals surface area contributed by atoms with Crippen LogP contribution in [0.5, 0.6) is 0 Å². The van der Waals surface area contributed by atoms with E-state index in [0.717, 1.165) is 43.2 Å². The third-order valence-corrected chi connectivity index (χ3v) is 9.33. The fourth-order valence-electron chi connectivity index (χ4n) is 4.88. The minimum absolute atomic E-state index is 0.0654. The first-order chi connectivity index (χ1) is 17.6. The van der Waals surface area contributed by atoms with Crippen molar-refractivity contribution in [2.45, 2.75) is 93.4 Å². The lowest BCUT2D eigenvalue weighted by Crippen LogP contribution is -2.36. The van der Waals surface area contributed by atoms with E-state index in [1.807, 2.05) is 0 Å². The molecule has 0 radical (unpaired) electrons. The van der Waals surface area contributed by atoms with Crippen LogP contribution in [0.4, 0.5) is 0 Å². The fourth-order valence-corrected chi connectivity index (χ4v) is 6.75. The van der Waals surface area contributed by atoms with Gasteiger partial charge in [0.25, 0.3) is 0 Å². The fraction of sp³-hybridized carbons (Fsp3) is 0.519. The molecule has 2 aromatic carbocycles. The summed E-state index contributed by atoms with van der Waals surface area (Å²) in [6.45, 7) is 7.14. The van der Waals surface area contributed by atoms with Gasteiger partial charge in [-0.15, -0.1) is 0 Å². The van der Waals surface area contributed by atoms with Gasteiger partial charge in [0.05, 0.1) is 27.7 Å². The molecule has 208 valence electrons. The van der Waals surface area contributed by atoms with Gasteiger partial charge in [-0.25, -0.2) is 26.7 Å². The Labute approximate surface area is 225 Å². The molecule has 2 aliphatic carbocycles. The monoisotopic (exact) mass is 563 g/mol. The summed E-state index contributed by atoms with van der Waals surface area (Å²) in [7, 11) is -7.75. The van der Waals surface area contributed by atoms with Crippen LogP contribution < -0.4 is 9.86 Å². The smallest absolute Gasteiger partial charge is 0.240 e. The zero-order valence-corrected chi connectivity index (χ0v) is 24.0. The van der Waals surface area contributed by atoms with Crippen molar-refractivity contribution in [1.29, 1.82) is 0 Å². The molecule has 0 bridgehead atoms. The first kappa shape index (κ1) is 28.8. The summed E-state index contributed by atoms with van der Waals surface area (Å²) in [6, 6.07) is 9.34. The number of primary sulfonamides is 1. The van der Waals surface area contributed by atoms with Crippen LogP contribution in [0.3, 0.4) is 0 Å². The summed E-state index contributed by atoms with van der Waals surface area (Å²) in [5.41, 5.74) is 1.02. The van der Waals surface area contributed by atoms with Crippen LogP contribution in [0.1, 0.15) is 77.3 Å². The Bertz CT molecular complexity index is 1450. The molecule has 4 N–H and O–H groups in total. The number of nitrogens with two attached hydrogens (primary N) is 1. The maximum atomic E-state index is 13.3. The van der Waals surface area contributed by atoms with Crippen molar-refractivity contribution in [2.75, 3.05) is 6.61 Å². The Balaban J connectivity index is 1.77. The standard InChI is InChI=1S/C27H37N3O6S2/c1-26(2,31)14-15-36-27(3,4)29-25-23-16-19(37(28,32)33)10-12-21(23)22-13-11-20(17-24(22)25)38(34,35)30-18-8-6-5-7-9-18/h10-13,16-18,30-31H,5-9,14-15H2,1-4H3,(H2,28,32,33)/b29-25-. The highest BCUT2D eigenvalue weighted by Crippen LogP contribution is 2.40. The van der Waals surface area contributed by atoms with Gasteiger partial charge in [-0.3, -0.25) is 4.99 Å². The minimum Gasteiger partial charge on any atom is -0.390 e. The third-order valence-electron chi connectivity index (χ3n) is 6.90.